The topological polar surface area (TPSA) is 87.6 Å². The third-order valence-corrected chi connectivity index (χ3v) is 6.92. The Bertz CT molecular complexity index is 841. The second-order valence-corrected chi connectivity index (χ2v) is 8.34. The summed E-state index contributed by atoms with van der Waals surface area (Å²) >= 11 is 1.29. The van der Waals surface area contributed by atoms with Crippen molar-refractivity contribution in [2.24, 2.45) is 0 Å². The van der Waals surface area contributed by atoms with E-state index < -0.39 is 21.8 Å². The molecule has 0 amide bonds. The quantitative estimate of drug-likeness (QED) is 0.894. The van der Waals surface area contributed by atoms with Crippen molar-refractivity contribution < 1.29 is 22.7 Å². The summed E-state index contributed by atoms with van der Waals surface area (Å²) in [4.78, 5) is 15.1. The molecule has 0 bridgehead atoms. The van der Waals surface area contributed by atoms with Gasteiger partial charge in [-0.15, -0.1) is 11.3 Å². The van der Waals surface area contributed by atoms with E-state index in [1.165, 1.54) is 33.2 Å². The minimum atomic E-state index is -3.64. The van der Waals surface area contributed by atoms with Crippen molar-refractivity contribution in [1.29, 1.82) is 0 Å². The van der Waals surface area contributed by atoms with Crippen molar-refractivity contribution in [2.75, 3.05) is 13.1 Å². The molecule has 1 aromatic heterocycles. The molecule has 2 aromatic rings. The minimum Gasteiger partial charge on any atom is -0.476 e. The Hall–Kier alpha value is -1.84. The normalized spacial score (nSPS) is 17.0. The molecule has 2 heterocycles. The van der Waals surface area contributed by atoms with Crippen LogP contribution in [0.2, 0.25) is 0 Å². The molecule has 0 unspecified atom stereocenters. The molecule has 1 aliphatic rings. The molecular weight excluding hydrogens is 355 g/mol. The predicted molar refractivity (Wildman–Crippen MR) is 86.2 cm³/mol. The van der Waals surface area contributed by atoms with E-state index in [0.29, 0.717) is 25.9 Å². The fraction of sp³-hybridized carbons (Fsp3) is 0.333. The molecule has 24 heavy (non-hydrogen) atoms. The highest BCUT2D eigenvalue weighted by Crippen LogP contribution is 2.32. The molecule has 9 heteroatoms. The standard InChI is InChI=1S/C15H15FN2O4S2/c16-11-1-3-12(4-2-11)24(21,22)18-7-5-10(6-8-18)14-17-13(9-23-14)15(19)20/h1-4,9-10H,5-8H2,(H,19,20). The lowest BCUT2D eigenvalue weighted by Gasteiger charge is -2.30. The Labute approximate surface area is 142 Å². The van der Waals surface area contributed by atoms with Crippen LogP contribution in [0, 0.1) is 5.82 Å². The second kappa shape index (κ2) is 6.58. The van der Waals surface area contributed by atoms with Gasteiger partial charge in [-0.1, -0.05) is 0 Å². The highest BCUT2D eigenvalue weighted by Gasteiger charge is 2.31. The largest absolute Gasteiger partial charge is 0.476 e. The Morgan fingerprint density at radius 2 is 1.88 bits per heavy atom. The highest BCUT2D eigenvalue weighted by molar-refractivity contribution is 7.89. The number of carboxylic acid groups (broad SMARTS) is 1. The molecule has 3 rings (SSSR count). The first-order chi connectivity index (χ1) is 11.4. The van der Waals surface area contributed by atoms with E-state index in [1.54, 1.807) is 0 Å². The van der Waals surface area contributed by atoms with E-state index in [9.17, 15) is 17.6 Å². The van der Waals surface area contributed by atoms with Crippen LogP contribution in [0.1, 0.15) is 34.3 Å². The van der Waals surface area contributed by atoms with Crippen LogP contribution in [0.5, 0.6) is 0 Å². The first-order valence-electron chi connectivity index (χ1n) is 7.32. The van der Waals surface area contributed by atoms with E-state index in [4.69, 9.17) is 5.11 Å². The number of carbonyl (C=O) groups is 1. The summed E-state index contributed by atoms with van der Waals surface area (Å²) in [5.74, 6) is -1.48. The SMILES string of the molecule is O=C(O)c1csc(C2CCN(S(=O)(=O)c3ccc(F)cc3)CC2)n1. The molecule has 0 spiro atoms. The molecule has 0 atom stereocenters. The molecule has 0 radical (unpaired) electrons. The van der Waals surface area contributed by atoms with E-state index in [-0.39, 0.29) is 16.5 Å². The molecule has 0 saturated carbocycles. The van der Waals surface area contributed by atoms with Gasteiger partial charge in [-0.05, 0) is 37.1 Å². The van der Waals surface area contributed by atoms with Gasteiger partial charge in [-0.2, -0.15) is 4.31 Å². The van der Waals surface area contributed by atoms with Gasteiger partial charge in [-0.3, -0.25) is 0 Å². The highest BCUT2D eigenvalue weighted by atomic mass is 32.2. The Morgan fingerprint density at radius 3 is 2.42 bits per heavy atom. The van der Waals surface area contributed by atoms with Gasteiger partial charge in [0.25, 0.3) is 0 Å². The summed E-state index contributed by atoms with van der Waals surface area (Å²) in [7, 11) is -3.64. The second-order valence-electron chi connectivity index (χ2n) is 5.51. The number of sulfonamides is 1. The van der Waals surface area contributed by atoms with Crippen LogP contribution < -0.4 is 0 Å². The maximum Gasteiger partial charge on any atom is 0.355 e. The summed E-state index contributed by atoms with van der Waals surface area (Å²) in [5.41, 5.74) is 0.0244. The molecule has 128 valence electrons. The third kappa shape index (κ3) is 3.33. The lowest BCUT2D eigenvalue weighted by atomic mass is 9.99. The molecular formula is C15H15FN2O4S2. The van der Waals surface area contributed by atoms with E-state index in [2.05, 4.69) is 4.98 Å². The molecule has 1 saturated heterocycles. The number of nitrogens with zero attached hydrogens (tertiary/aromatic N) is 2. The molecule has 0 aliphatic carbocycles. The lowest BCUT2D eigenvalue weighted by Crippen LogP contribution is -2.37. The van der Waals surface area contributed by atoms with Crippen molar-refractivity contribution in [1.82, 2.24) is 9.29 Å². The number of rotatable bonds is 4. The average molecular weight is 370 g/mol. The predicted octanol–water partition coefficient (Wildman–Crippen LogP) is 2.55. The van der Waals surface area contributed by atoms with Crippen LogP contribution >= 0.6 is 11.3 Å². The van der Waals surface area contributed by atoms with E-state index in [0.717, 1.165) is 17.1 Å². The van der Waals surface area contributed by atoms with E-state index >= 15 is 0 Å². The number of aromatic nitrogens is 1. The molecule has 1 aromatic carbocycles. The van der Waals surface area contributed by atoms with Crippen molar-refractivity contribution in [3.8, 4) is 0 Å². The zero-order valence-corrected chi connectivity index (χ0v) is 14.2. The first-order valence-corrected chi connectivity index (χ1v) is 9.64. The lowest BCUT2D eigenvalue weighted by molar-refractivity contribution is 0.0691. The van der Waals surface area contributed by atoms with Gasteiger partial charge < -0.3 is 5.11 Å². The monoisotopic (exact) mass is 370 g/mol. The van der Waals surface area contributed by atoms with Gasteiger partial charge in [0.05, 0.1) is 9.90 Å². The number of carboxylic acids is 1. The number of piperidine rings is 1. The molecule has 1 N–H and O–H groups in total. The maximum absolute atomic E-state index is 13.0. The van der Waals surface area contributed by atoms with Crippen LogP contribution in [0.4, 0.5) is 4.39 Å². The molecule has 1 aliphatic heterocycles. The summed E-state index contributed by atoms with van der Waals surface area (Å²) in [6, 6.07) is 4.78. The van der Waals surface area contributed by atoms with Gasteiger partial charge in [0, 0.05) is 24.4 Å². The Morgan fingerprint density at radius 1 is 1.25 bits per heavy atom. The van der Waals surface area contributed by atoms with Crippen molar-refractivity contribution in [3.63, 3.8) is 0 Å². The fourth-order valence-corrected chi connectivity index (χ4v) is 5.11. The van der Waals surface area contributed by atoms with Crippen LogP contribution in [-0.2, 0) is 10.0 Å². The average Bonchev–Trinajstić information content (AvgIpc) is 3.06. The zero-order chi connectivity index (χ0) is 17.3. The number of halogens is 1. The van der Waals surface area contributed by atoms with Crippen molar-refractivity contribution >= 4 is 27.3 Å². The third-order valence-electron chi connectivity index (χ3n) is 4.00. The Balaban J connectivity index is 1.70. The summed E-state index contributed by atoms with van der Waals surface area (Å²) < 4.78 is 39.4. The number of hydrogen-bond acceptors (Lipinski definition) is 5. The van der Waals surface area contributed by atoms with Crippen LogP contribution in [-0.4, -0.2) is 41.9 Å². The van der Waals surface area contributed by atoms with Crippen LogP contribution in [0.3, 0.4) is 0 Å². The van der Waals surface area contributed by atoms with Gasteiger partial charge in [-0.25, -0.2) is 22.6 Å². The van der Waals surface area contributed by atoms with Crippen LogP contribution in [0.25, 0.3) is 0 Å². The molecule has 1 fully saturated rings. The van der Waals surface area contributed by atoms with Gasteiger partial charge in [0.2, 0.25) is 10.0 Å². The van der Waals surface area contributed by atoms with Gasteiger partial charge >= 0.3 is 5.97 Å². The van der Waals surface area contributed by atoms with Crippen molar-refractivity contribution in [3.05, 3.63) is 46.2 Å². The number of aromatic carboxylic acids is 1. The van der Waals surface area contributed by atoms with Gasteiger partial charge in [0.15, 0.2) is 5.69 Å². The summed E-state index contributed by atoms with van der Waals surface area (Å²) in [6.45, 7) is 0.652. The Kier molecular flexibility index (Phi) is 4.66. The van der Waals surface area contributed by atoms with Gasteiger partial charge in [0.1, 0.15) is 5.82 Å². The first kappa shape index (κ1) is 17.0. The number of benzene rings is 1. The van der Waals surface area contributed by atoms with Crippen molar-refractivity contribution in [2.45, 2.75) is 23.7 Å². The van der Waals surface area contributed by atoms with Crippen LogP contribution in [0.15, 0.2) is 34.5 Å². The summed E-state index contributed by atoms with van der Waals surface area (Å²) in [5, 5.41) is 11.1. The number of hydrogen-bond donors (Lipinski definition) is 1. The fourth-order valence-electron chi connectivity index (χ4n) is 2.67. The van der Waals surface area contributed by atoms with E-state index in [1.807, 2.05) is 0 Å². The molecule has 6 nitrogen and oxygen atoms in total. The minimum absolute atomic E-state index is 0.0244. The summed E-state index contributed by atoms with van der Waals surface area (Å²) in [6.07, 6.45) is 1.15. The zero-order valence-electron chi connectivity index (χ0n) is 12.6. The smallest absolute Gasteiger partial charge is 0.355 e. The maximum atomic E-state index is 13.0. The number of thiazole rings is 1.